The molecule has 5 rings (SSSR count). The molecule has 186 valence electrons. The van der Waals surface area contributed by atoms with Gasteiger partial charge in [-0.05, 0) is 93.6 Å². The Morgan fingerprint density at radius 1 is 1.06 bits per heavy atom. The van der Waals surface area contributed by atoms with E-state index >= 15 is 0 Å². The van der Waals surface area contributed by atoms with Crippen LogP contribution in [-0.2, 0) is 0 Å². The number of para-hydroxylation sites is 1. The number of piperidine rings is 2. The predicted molar refractivity (Wildman–Crippen MR) is 144 cm³/mol. The largest absolute Gasteiger partial charge is 0.496 e. The molecule has 0 saturated carbocycles. The van der Waals surface area contributed by atoms with Crippen LogP contribution < -0.4 is 10.1 Å². The highest BCUT2D eigenvalue weighted by Gasteiger charge is 2.27. The molecule has 2 aromatic carbocycles. The lowest BCUT2D eigenvalue weighted by molar-refractivity contribution is 0.194. The lowest BCUT2D eigenvalue weighted by Crippen LogP contribution is -2.40. The SMILES string of the molecule is CCCN1CCC(c2cc(NC(=O)N3CCC(c4nc5ccccc5s4)CC3)ccc2OC)CC1. The first kappa shape index (κ1) is 24.1. The molecule has 1 N–H and O–H groups in total. The maximum Gasteiger partial charge on any atom is 0.321 e. The van der Waals surface area contributed by atoms with E-state index in [1.54, 1.807) is 18.4 Å². The molecular formula is C28H36N4O2S. The van der Waals surface area contributed by atoms with Crippen molar-refractivity contribution in [2.75, 3.05) is 45.2 Å². The summed E-state index contributed by atoms with van der Waals surface area (Å²) in [6.45, 7) is 7.18. The topological polar surface area (TPSA) is 57.7 Å². The molecule has 6 nitrogen and oxygen atoms in total. The summed E-state index contributed by atoms with van der Waals surface area (Å²) in [6.07, 6.45) is 5.38. The molecule has 2 aliphatic rings. The highest BCUT2D eigenvalue weighted by atomic mass is 32.1. The summed E-state index contributed by atoms with van der Waals surface area (Å²) in [7, 11) is 1.74. The number of rotatable bonds is 6. The van der Waals surface area contributed by atoms with Gasteiger partial charge in [0.25, 0.3) is 0 Å². The average molecular weight is 493 g/mol. The van der Waals surface area contributed by atoms with Gasteiger partial charge in [0.2, 0.25) is 0 Å². The van der Waals surface area contributed by atoms with Crippen molar-refractivity contribution >= 4 is 33.3 Å². The van der Waals surface area contributed by atoms with Crippen LogP contribution >= 0.6 is 11.3 Å². The third-order valence-electron chi connectivity index (χ3n) is 7.49. The highest BCUT2D eigenvalue weighted by Crippen LogP contribution is 2.37. The molecule has 0 aliphatic carbocycles. The summed E-state index contributed by atoms with van der Waals surface area (Å²) < 4.78 is 6.93. The number of urea groups is 1. The Morgan fingerprint density at radius 3 is 2.51 bits per heavy atom. The molecule has 2 fully saturated rings. The van der Waals surface area contributed by atoms with E-state index < -0.39 is 0 Å². The highest BCUT2D eigenvalue weighted by molar-refractivity contribution is 7.18. The standard InChI is InChI=1S/C28H36N4O2S/c1-3-14-31-15-10-20(11-16-31)23-19-22(8-9-25(23)34-2)29-28(33)32-17-12-21(13-18-32)27-30-24-6-4-5-7-26(24)35-27/h4-9,19-21H,3,10-18H2,1-2H3,(H,29,33). The van der Waals surface area contributed by atoms with Crippen molar-refractivity contribution in [2.45, 2.75) is 50.9 Å². The van der Waals surface area contributed by atoms with Crippen LogP contribution in [0, 0.1) is 0 Å². The van der Waals surface area contributed by atoms with E-state index in [0.29, 0.717) is 11.8 Å². The minimum absolute atomic E-state index is 0.0124. The van der Waals surface area contributed by atoms with Gasteiger partial charge in [-0.1, -0.05) is 19.1 Å². The number of thiazole rings is 1. The molecule has 2 aliphatic heterocycles. The van der Waals surface area contributed by atoms with Crippen molar-refractivity contribution in [1.82, 2.24) is 14.8 Å². The molecule has 0 spiro atoms. The molecule has 1 aromatic heterocycles. The van der Waals surface area contributed by atoms with Crippen LogP contribution in [-0.4, -0.2) is 60.6 Å². The van der Waals surface area contributed by atoms with Gasteiger partial charge >= 0.3 is 6.03 Å². The molecule has 3 heterocycles. The number of hydrogen-bond acceptors (Lipinski definition) is 5. The van der Waals surface area contributed by atoms with Gasteiger partial charge in [0, 0.05) is 24.7 Å². The molecule has 2 saturated heterocycles. The number of anilines is 1. The van der Waals surface area contributed by atoms with Gasteiger partial charge in [0.15, 0.2) is 0 Å². The summed E-state index contributed by atoms with van der Waals surface area (Å²) in [5, 5.41) is 4.36. The zero-order chi connectivity index (χ0) is 24.2. The first-order valence-corrected chi connectivity index (χ1v) is 13.8. The molecule has 0 bridgehead atoms. The van der Waals surface area contributed by atoms with Crippen LogP contribution in [0.4, 0.5) is 10.5 Å². The van der Waals surface area contributed by atoms with Gasteiger partial charge < -0.3 is 19.9 Å². The Bertz CT molecular complexity index is 1110. The molecule has 3 aromatic rings. The van der Waals surface area contributed by atoms with E-state index in [-0.39, 0.29) is 6.03 Å². The molecule has 35 heavy (non-hydrogen) atoms. The Balaban J connectivity index is 1.19. The number of benzene rings is 2. The van der Waals surface area contributed by atoms with Gasteiger partial charge in [-0.15, -0.1) is 11.3 Å². The molecule has 2 amide bonds. The van der Waals surface area contributed by atoms with E-state index in [4.69, 9.17) is 9.72 Å². The Hall–Kier alpha value is -2.64. The van der Waals surface area contributed by atoms with Gasteiger partial charge in [-0.2, -0.15) is 0 Å². The normalized spacial score (nSPS) is 18.2. The van der Waals surface area contributed by atoms with Crippen molar-refractivity contribution in [3.63, 3.8) is 0 Å². The van der Waals surface area contributed by atoms with Gasteiger partial charge in [0.1, 0.15) is 5.75 Å². The number of aromatic nitrogens is 1. The summed E-state index contributed by atoms with van der Waals surface area (Å²) in [6, 6.07) is 14.4. The van der Waals surface area contributed by atoms with Gasteiger partial charge in [-0.3, -0.25) is 0 Å². The molecule has 7 heteroatoms. The maximum atomic E-state index is 13.1. The number of fused-ring (bicyclic) bond motifs is 1. The van der Waals surface area contributed by atoms with E-state index in [2.05, 4.69) is 41.4 Å². The Morgan fingerprint density at radius 2 is 1.80 bits per heavy atom. The number of carbonyl (C=O) groups excluding carboxylic acids is 1. The average Bonchev–Trinajstić information content (AvgIpc) is 3.34. The third kappa shape index (κ3) is 5.46. The number of nitrogens with zero attached hydrogens (tertiary/aromatic N) is 3. The summed E-state index contributed by atoms with van der Waals surface area (Å²) in [5.41, 5.74) is 3.16. The maximum absolute atomic E-state index is 13.1. The van der Waals surface area contributed by atoms with Crippen molar-refractivity contribution in [3.05, 3.63) is 53.0 Å². The van der Waals surface area contributed by atoms with Gasteiger partial charge in [0.05, 0.1) is 22.3 Å². The second-order valence-electron chi connectivity index (χ2n) is 9.78. The predicted octanol–water partition coefficient (Wildman–Crippen LogP) is 6.31. The van der Waals surface area contributed by atoms with E-state index in [1.165, 1.54) is 28.2 Å². The van der Waals surface area contributed by atoms with Crippen LogP contribution in [0.15, 0.2) is 42.5 Å². The summed E-state index contributed by atoms with van der Waals surface area (Å²) in [4.78, 5) is 22.4. The molecule has 0 radical (unpaired) electrons. The van der Waals surface area contributed by atoms with Crippen LogP contribution in [0.2, 0.25) is 0 Å². The number of nitrogens with one attached hydrogen (secondary N) is 1. The fraction of sp³-hybridized carbons (Fsp3) is 0.500. The van der Waals surface area contributed by atoms with Crippen LogP contribution in [0.3, 0.4) is 0 Å². The van der Waals surface area contributed by atoms with Crippen molar-refractivity contribution in [3.8, 4) is 5.75 Å². The Labute approximate surface area is 212 Å². The number of carbonyl (C=O) groups is 1. The quantitative estimate of drug-likeness (QED) is 0.438. The molecule has 0 unspecified atom stereocenters. The second-order valence-corrected chi connectivity index (χ2v) is 10.8. The number of ether oxygens (including phenoxy) is 1. The van der Waals surface area contributed by atoms with E-state index in [0.717, 1.165) is 68.8 Å². The van der Waals surface area contributed by atoms with Crippen LogP contribution in [0.1, 0.15) is 61.4 Å². The van der Waals surface area contributed by atoms with Crippen molar-refractivity contribution < 1.29 is 9.53 Å². The lowest BCUT2D eigenvalue weighted by Gasteiger charge is -2.33. The first-order chi connectivity index (χ1) is 17.1. The zero-order valence-corrected chi connectivity index (χ0v) is 21.7. The zero-order valence-electron chi connectivity index (χ0n) is 20.8. The summed E-state index contributed by atoms with van der Waals surface area (Å²) >= 11 is 1.79. The monoisotopic (exact) mass is 492 g/mol. The minimum Gasteiger partial charge on any atom is -0.496 e. The Kier molecular flexibility index (Phi) is 7.54. The van der Waals surface area contributed by atoms with E-state index in [9.17, 15) is 4.79 Å². The third-order valence-corrected chi connectivity index (χ3v) is 8.69. The minimum atomic E-state index is -0.0124. The first-order valence-electron chi connectivity index (χ1n) is 13.0. The number of methoxy groups -OCH3 is 1. The number of hydrogen-bond donors (Lipinski definition) is 1. The molecule has 0 atom stereocenters. The number of likely N-dealkylation sites (tertiary alicyclic amines) is 2. The van der Waals surface area contributed by atoms with E-state index in [1.807, 2.05) is 23.1 Å². The smallest absolute Gasteiger partial charge is 0.321 e. The van der Waals surface area contributed by atoms with Crippen LogP contribution in [0.5, 0.6) is 5.75 Å². The fourth-order valence-corrected chi connectivity index (χ4v) is 6.65. The van der Waals surface area contributed by atoms with Crippen LogP contribution in [0.25, 0.3) is 10.2 Å². The van der Waals surface area contributed by atoms with Gasteiger partial charge in [-0.25, -0.2) is 9.78 Å². The van der Waals surface area contributed by atoms with Crippen molar-refractivity contribution in [1.29, 1.82) is 0 Å². The second kappa shape index (κ2) is 11.0. The summed E-state index contributed by atoms with van der Waals surface area (Å²) in [5.74, 6) is 1.83. The molecular weight excluding hydrogens is 456 g/mol. The number of amides is 2. The fourth-order valence-electron chi connectivity index (χ4n) is 5.51. The lowest BCUT2D eigenvalue weighted by atomic mass is 9.88. The van der Waals surface area contributed by atoms with Crippen molar-refractivity contribution in [2.24, 2.45) is 0 Å².